The fraction of sp³-hybridized carbons (Fsp3) is 0. The summed E-state index contributed by atoms with van der Waals surface area (Å²) in [4.78, 5) is 10.9. The van der Waals surface area contributed by atoms with Crippen LogP contribution in [0, 0.1) is 10.1 Å². The molecule has 0 bridgehead atoms. The van der Waals surface area contributed by atoms with E-state index in [-0.39, 0.29) is 5.82 Å². The van der Waals surface area contributed by atoms with Crippen LogP contribution in [0.25, 0.3) is 5.69 Å². The van der Waals surface area contributed by atoms with E-state index in [0.717, 1.165) is 11.0 Å². The van der Waals surface area contributed by atoms with E-state index in [4.69, 9.17) is 11.6 Å². The number of hydrogen-bond acceptors (Lipinski definition) is 4. The molecule has 0 aliphatic heterocycles. The zero-order valence-electron chi connectivity index (χ0n) is 7.37. The highest BCUT2D eigenvalue weighted by Crippen LogP contribution is 2.14. The first kappa shape index (κ1) is 9.60. The van der Waals surface area contributed by atoms with Crippen LogP contribution in [0.5, 0.6) is 0 Å². The topological polar surface area (TPSA) is 73.8 Å². The van der Waals surface area contributed by atoms with Gasteiger partial charge in [-0.3, -0.25) is 0 Å². The first-order valence-electron chi connectivity index (χ1n) is 3.99. The highest BCUT2D eigenvalue weighted by molar-refractivity contribution is 6.30. The van der Waals surface area contributed by atoms with Crippen LogP contribution in [0.1, 0.15) is 0 Å². The smallest absolute Gasteiger partial charge is 0.358 e. The Balaban J connectivity index is 2.41. The van der Waals surface area contributed by atoms with E-state index in [1.54, 1.807) is 24.3 Å². The van der Waals surface area contributed by atoms with Crippen molar-refractivity contribution in [2.24, 2.45) is 0 Å². The van der Waals surface area contributed by atoms with Crippen LogP contribution < -0.4 is 0 Å². The van der Waals surface area contributed by atoms with Crippen LogP contribution in [0.3, 0.4) is 0 Å². The van der Waals surface area contributed by atoms with Crippen molar-refractivity contribution in [2.45, 2.75) is 0 Å². The predicted molar refractivity (Wildman–Crippen MR) is 53.0 cm³/mol. The summed E-state index contributed by atoms with van der Waals surface area (Å²) in [6.45, 7) is 0. The van der Waals surface area contributed by atoms with E-state index in [0.29, 0.717) is 10.7 Å². The van der Waals surface area contributed by atoms with Crippen molar-refractivity contribution in [2.75, 3.05) is 0 Å². The number of halogens is 1. The van der Waals surface area contributed by atoms with E-state index in [9.17, 15) is 10.1 Å². The van der Waals surface area contributed by atoms with E-state index >= 15 is 0 Å². The van der Waals surface area contributed by atoms with Crippen molar-refractivity contribution in [3.63, 3.8) is 0 Å². The SMILES string of the molecule is O=[N+]([O-])c1cnn(-c2cccc(Cl)c2)n1. The molecule has 6 nitrogen and oxygen atoms in total. The third-order valence-electron chi connectivity index (χ3n) is 1.71. The molecule has 1 aromatic heterocycles. The summed E-state index contributed by atoms with van der Waals surface area (Å²) in [5, 5.41) is 18.3. The molecule has 15 heavy (non-hydrogen) atoms. The Labute approximate surface area is 89.2 Å². The van der Waals surface area contributed by atoms with Gasteiger partial charge in [-0.25, -0.2) is 0 Å². The second kappa shape index (κ2) is 3.66. The lowest BCUT2D eigenvalue weighted by molar-refractivity contribution is -0.389. The number of hydrogen-bond donors (Lipinski definition) is 0. The second-order valence-electron chi connectivity index (χ2n) is 2.73. The molecule has 0 aliphatic carbocycles. The lowest BCUT2D eigenvalue weighted by atomic mass is 10.3. The zero-order valence-corrected chi connectivity index (χ0v) is 8.13. The quantitative estimate of drug-likeness (QED) is 0.576. The van der Waals surface area contributed by atoms with Crippen molar-refractivity contribution >= 4 is 17.4 Å². The molecule has 0 unspecified atom stereocenters. The van der Waals surface area contributed by atoms with E-state index < -0.39 is 4.92 Å². The molecule has 0 saturated carbocycles. The molecule has 1 heterocycles. The predicted octanol–water partition coefficient (Wildman–Crippen LogP) is 1.83. The van der Waals surface area contributed by atoms with Gasteiger partial charge in [-0.15, -0.1) is 5.10 Å². The summed E-state index contributed by atoms with van der Waals surface area (Å²) in [5.41, 5.74) is 0.579. The highest BCUT2D eigenvalue weighted by Gasteiger charge is 2.13. The summed E-state index contributed by atoms with van der Waals surface area (Å²) in [6, 6.07) is 6.73. The Bertz CT molecular complexity index is 511. The minimum Gasteiger partial charge on any atom is -0.358 e. The Morgan fingerprint density at radius 2 is 2.27 bits per heavy atom. The fourth-order valence-corrected chi connectivity index (χ4v) is 1.25. The van der Waals surface area contributed by atoms with Crippen LogP contribution in [0.2, 0.25) is 5.02 Å². The number of nitro groups is 1. The summed E-state index contributed by atoms with van der Waals surface area (Å²) < 4.78 is 0. The van der Waals surface area contributed by atoms with Gasteiger partial charge in [-0.1, -0.05) is 22.5 Å². The van der Waals surface area contributed by atoms with Gasteiger partial charge in [0.05, 0.1) is 5.10 Å². The largest absolute Gasteiger partial charge is 0.410 e. The van der Waals surface area contributed by atoms with Gasteiger partial charge in [-0.05, 0) is 23.1 Å². The van der Waals surface area contributed by atoms with Gasteiger partial charge in [0.1, 0.15) is 5.69 Å². The van der Waals surface area contributed by atoms with E-state index in [1.165, 1.54) is 0 Å². The van der Waals surface area contributed by atoms with Gasteiger partial charge in [0.2, 0.25) is 0 Å². The van der Waals surface area contributed by atoms with Gasteiger partial charge >= 0.3 is 5.82 Å². The van der Waals surface area contributed by atoms with Crippen LogP contribution in [-0.4, -0.2) is 19.9 Å². The van der Waals surface area contributed by atoms with Crippen LogP contribution in [0.15, 0.2) is 30.5 Å². The molecule has 0 atom stereocenters. The highest BCUT2D eigenvalue weighted by atomic mass is 35.5. The summed E-state index contributed by atoms with van der Waals surface area (Å²) in [5.74, 6) is -0.296. The molecule has 0 fully saturated rings. The van der Waals surface area contributed by atoms with E-state index in [2.05, 4.69) is 10.2 Å². The third kappa shape index (κ3) is 1.94. The normalized spacial score (nSPS) is 10.2. The van der Waals surface area contributed by atoms with Crippen molar-refractivity contribution in [1.29, 1.82) is 0 Å². The van der Waals surface area contributed by atoms with Crippen molar-refractivity contribution in [3.8, 4) is 5.69 Å². The molecule has 7 heteroatoms. The Morgan fingerprint density at radius 1 is 1.47 bits per heavy atom. The standard InChI is InChI=1S/C8H5ClN4O2/c9-6-2-1-3-7(4-6)12-10-5-8(11-12)13(14)15/h1-5H. The Hall–Kier alpha value is -1.95. The van der Waals surface area contributed by atoms with Crippen molar-refractivity contribution in [1.82, 2.24) is 15.0 Å². The van der Waals surface area contributed by atoms with Crippen LogP contribution >= 0.6 is 11.6 Å². The average molecular weight is 225 g/mol. The molecule has 0 saturated heterocycles. The van der Waals surface area contributed by atoms with Crippen molar-refractivity contribution in [3.05, 3.63) is 45.6 Å². The average Bonchev–Trinajstić information content (AvgIpc) is 2.66. The molecule has 2 aromatic rings. The number of aromatic nitrogens is 3. The molecular weight excluding hydrogens is 220 g/mol. The van der Waals surface area contributed by atoms with Gasteiger partial charge in [0.25, 0.3) is 0 Å². The molecule has 0 spiro atoms. The molecule has 0 radical (unpaired) electrons. The zero-order chi connectivity index (χ0) is 10.8. The summed E-state index contributed by atoms with van der Waals surface area (Å²) in [7, 11) is 0. The lowest BCUT2D eigenvalue weighted by Crippen LogP contribution is -1.99. The molecule has 2 rings (SSSR count). The van der Waals surface area contributed by atoms with Gasteiger partial charge in [0, 0.05) is 5.02 Å². The molecule has 0 amide bonds. The first-order chi connectivity index (χ1) is 7.16. The van der Waals surface area contributed by atoms with Gasteiger partial charge in [0.15, 0.2) is 6.20 Å². The minimum absolute atomic E-state index is 0.296. The maximum absolute atomic E-state index is 10.4. The van der Waals surface area contributed by atoms with E-state index in [1.807, 2.05) is 0 Å². The maximum atomic E-state index is 10.4. The molecule has 0 N–H and O–H groups in total. The fourth-order valence-electron chi connectivity index (χ4n) is 1.06. The van der Waals surface area contributed by atoms with Gasteiger partial charge < -0.3 is 10.1 Å². The lowest BCUT2D eigenvalue weighted by Gasteiger charge is -1.94. The Morgan fingerprint density at radius 3 is 2.87 bits per heavy atom. The molecule has 76 valence electrons. The number of rotatable bonds is 2. The second-order valence-corrected chi connectivity index (χ2v) is 3.17. The Kier molecular flexibility index (Phi) is 2.34. The monoisotopic (exact) mass is 224 g/mol. The van der Waals surface area contributed by atoms with Gasteiger partial charge in [-0.2, -0.15) is 0 Å². The molecule has 0 aliphatic rings. The summed E-state index contributed by atoms with van der Waals surface area (Å²) >= 11 is 5.76. The minimum atomic E-state index is -0.603. The summed E-state index contributed by atoms with van der Waals surface area (Å²) in [6.07, 6.45) is 1.08. The van der Waals surface area contributed by atoms with Crippen LogP contribution in [-0.2, 0) is 0 Å². The number of nitrogens with zero attached hydrogens (tertiary/aromatic N) is 4. The van der Waals surface area contributed by atoms with Crippen molar-refractivity contribution < 1.29 is 4.92 Å². The first-order valence-corrected chi connectivity index (χ1v) is 4.37. The maximum Gasteiger partial charge on any atom is 0.410 e. The third-order valence-corrected chi connectivity index (χ3v) is 1.94. The molecule has 1 aromatic carbocycles. The number of benzene rings is 1. The van der Waals surface area contributed by atoms with Crippen LogP contribution in [0.4, 0.5) is 5.82 Å². The molecular formula is C8H5ClN4O2.